The van der Waals surface area contributed by atoms with Gasteiger partial charge in [-0.15, -0.1) is 0 Å². The fourth-order valence-corrected chi connectivity index (χ4v) is 1.68. The van der Waals surface area contributed by atoms with E-state index >= 15 is 0 Å². The van der Waals surface area contributed by atoms with Crippen LogP contribution in [0.5, 0.6) is 0 Å². The van der Waals surface area contributed by atoms with E-state index in [1.807, 2.05) is 18.2 Å². The van der Waals surface area contributed by atoms with E-state index < -0.39 is 0 Å². The number of nitrogens with one attached hydrogen (secondary N) is 1. The van der Waals surface area contributed by atoms with Gasteiger partial charge >= 0.3 is 0 Å². The molecule has 2 rings (SSSR count). The number of aromatic nitrogens is 2. The molecule has 1 aromatic carbocycles. The predicted molar refractivity (Wildman–Crippen MR) is 67.3 cm³/mol. The average molecular weight is 217 g/mol. The summed E-state index contributed by atoms with van der Waals surface area (Å²) < 4.78 is 0. The van der Waals surface area contributed by atoms with E-state index in [9.17, 15) is 0 Å². The van der Waals surface area contributed by atoms with Gasteiger partial charge in [-0.3, -0.25) is 0 Å². The predicted octanol–water partition coefficient (Wildman–Crippen LogP) is 2.48. The summed E-state index contributed by atoms with van der Waals surface area (Å²) in [5.74, 6) is 1.06. The third-order valence-corrected chi connectivity index (χ3v) is 3.03. The lowest BCUT2D eigenvalue weighted by molar-refractivity contribution is 0.345. The van der Waals surface area contributed by atoms with Crippen LogP contribution in [0.15, 0.2) is 24.3 Å². The highest BCUT2D eigenvalue weighted by molar-refractivity contribution is 5.74. The Morgan fingerprint density at radius 1 is 1.31 bits per heavy atom. The van der Waals surface area contributed by atoms with Crippen molar-refractivity contribution in [2.24, 2.45) is 11.1 Å². The minimum absolute atomic E-state index is 0.193. The molecule has 0 radical (unpaired) electrons. The van der Waals surface area contributed by atoms with Crippen molar-refractivity contribution in [1.29, 1.82) is 0 Å². The minimum atomic E-state index is 0.193. The van der Waals surface area contributed by atoms with E-state index in [0.29, 0.717) is 6.54 Å². The molecule has 3 N–H and O–H groups in total. The standard InChI is InChI=1S/C13H19N3/c1-13(2,9-14)8-7-12-15-10-5-3-4-6-11(10)16-12/h3-6H,7-9,14H2,1-2H3,(H,15,16). The number of imidazole rings is 1. The summed E-state index contributed by atoms with van der Waals surface area (Å²) in [4.78, 5) is 7.89. The Labute approximate surface area is 96.1 Å². The molecule has 0 saturated carbocycles. The monoisotopic (exact) mass is 217 g/mol. The normalized spacial score (nSPS) is 12.2. The Bertz CT molecular complexity index is 438. The molecular formula is C13H19N3. The number of para-hydroxylation sites is 2. The Balaban J connectivity index is 2.10. The zero-order valence-corrected chi connectivity index (χ0v) is 9.96. The SMILES string of the molecule is CC(C)(CN)CCc1nc2ccccc2[nH]1. The van der Waals surface area contributed by atoms with Crippen molar-refractivity contribution >= 4 is 11.0 Å². The Morgan fingerprint density at radius 2 is 2.06 bits per heavy atom. The summed E-state index contributed by atoms with van der Waals surface area (Å²) in [6.45, 7) is 5.10. The number of aromatic amines is 1. The molecule has 0 spiro atoms. The molecule has 16 heavy (non-hydrogen) atoms. The van der Waals surface area contributed by atoms with Crippen molar-refractivity contribution in [3.05, 3.63) is 30.1 Å². The van der Waals surface area contributed by atoms with Gasteiger partial charge in [0.15, 0.2) is 0 Å². The van der Waals surface area contributed by atoms with Gasteiger partial charge in [0.25, 0.3) is 0 Å². The van der Waals surface area contributed by atoms with Crippen LogP contribution in [0.25, 0.3) is 11.0 Å². The van der Waals surface area contributed by atoms with Gasteiger partial charge in [-0.1, -0.05) is 26.0 Å². The van der Waals surface area contributed by atoms with Gasteiger partial charge in [0, 0.05) is 6.42 Å². The third-order valence-electron chi connectivity index (χ3n) is 3.03. The molecule has 1 heterocycles. The summed E-state index contributed by atoms with van der Waals surface area (Å²) in [5, 5.41) is 0. The number of nitrogens with zero attached hydrogens (tertiary/aromatic N) is 1. The lowest BCUT2D eigenvalue weighted by Gasteiger charge is -2.21. The van der Waals surface area contributed by atoms with Crippen LogP contribution in [-0.2, 0) is 6.42 Å². The number of aryl methyl sites for hydroxylation is 1. The van der Waals surface area contributed by atoms with Gasteiger partial charge in [0.1, 0.15) is 5.82 Å². The summed E-state index contributed by atoms with van der Waals surface area (Å²) in [7, 11) is 0. The molecule has 2 aromatic rings. The van der Waals surface area contributed by atoms with Crippen molar-refractivity contribution < 1.29 is 0 Å². The van der Waals surface area contributed by atoms with Crippen LogP contribution in [0.3, 0.4) is 0 Å². The first kappa shape index (κ1) is 11.1. The number of H-pyrrole nitrogens is 1. The Kier molecular flexibility index (Phi) is 2.97. The summed E-state index contributed by atoms with van der Waals surface area (Å²) in [6, 6.07) is 8.12. The van der Waals surface area contributed by atoms with E-state index in [-0.39, 0.29) is 5.41 Å². The zero-order valence-electron chi connectivity index (χ0n) is 9.96. The molecule has 0 atom stereocenters. The lowest BCUT2D eigenvalue weighted by atomic mass is 9.88. The molecule has 0 saturated heterocycles. The maximum atomic E-state index is 5.71. The van der Waals surface area contributed by atoms with Crippen molar-refractivity contribution in [2.75, 3.05) is 6.54 Å². The van der Waals surface area contributed by atoms with Crippen LogP contribution in [0.2, 0.25) is 0 Å². The number of hydrogen-bond donors (Lipinski definition) is 2. The van der Waals surface area contributed by atoms with Crippen LogP contribution in [-0.4, -0.2) is 16.5 Å². The van der Waals surface area contributed by atoms with Gasteiger partial charge in [-0.05, 0) is 30.5 Å². The van der Waals surface area contributed by atoms with Crippen molar-refractivity contribution in [3.8, 4) is 0 Å². The molecule has 0 aliphatic carbocycles. The largest absolute Gasteiger partial charge is 0.342 e. The van der Waals surface area contributed by atoms with E-state index in [1.54, 1.807) is 0 Å². The maximum Gasteiger partial charge on any atom is 0.107 e. The van der Waals surface area contributed by atoms with Gasteiger partial charge in [-0.2, -0.15) is 0 Å². The smallest absolute Gasteiger partial charge is 0.107 e. The third kappa shape index (κ3) is 2.42. The quantitative estimate of drug-likeness (QED) is 0.826. The topological polar surface area (TPSA) is 54.7 Å². The van der Waals surface area contributed by atoms with Gasteiger partial charge in [0.05, 0.1) is 11.0 Å². The molecule has 3 nitrogen and oxygen atoms in total. The Morgan fingerprint density at radius 3 is 2.75 bits per heavy atom. The van der Waals surface area contributed by atoms with Gasteiger partial charge in [0.2, 0.25) is 0 Å². The second-order valence-corrected chi connectivity index (χ2v) is 5.07. The second-order valence-electron chi connectivity index (χ2n) is 5.07. The highest BCUT2D eigenvalue weighted by Gasteiger charge is 2.16. The lowest BCUT2D eigenvalue weighted by Crippen LogP contribution is -2.24. The molecule has 3 heteroatoms. The molecule has 0 amide bonds. The van der Waals surface area contributed by atoms with E-state index in [4.69, 9.17) is 5.73 Å². The van der Waals surface area contributed by atoms with E-state index in [0.717, 1.165) is 29.7 Å². The summed E-state index contributed by atoms with van der Waals surface area (Å²) in [5.41, 5.74) is 8.07. The van der Waals surface area contributed by atoms with Gasteiger partial charge in [-0.25, -0.2) is 4.98 Å². The number of nitrogens with two attached hydrogens (primary N) is 1. The first-order valence-electron chi connectivity index (χ1n) is 5.74. The highest BCUT2D eigenvalue weighted by atomic mass is 14.9. The minimum Gasteiger partial charge on any atom is -0.342 e. The highest BCUT2D eigenvalue weighted by Crippen LogP contribution is 2.21. The van der Waals surface area contributed by atoms with Crippen LogP contribution in [0.1, 0.15) is 26.1 Å². The first-order valence-corrected chi connectivity index (χ1v) is 5.74. The van der Waals surface area contributed by atoms with E-state index in [1.165, 1.54) is 0 Å². The second kappa shape index (κ2) is 4.26. The average Bonchev–Trinajstić information content (AvgIpc) is 2.69. The molecular weight excluding hydrogens is 198 g/mol. The van der Waals surface area contributed by atoms with Crippen LogP contribution >= 0.6 is 0 Å². The Hall–Kier alpha value is -1.35. The maximum absolute atomic E-state index is 5.71. The molecule has 0 bridgehead atoms. The number of hydrogen-bond acceptors (Lipinski definition) is 2. The van der Waals surface area contributed by atoms with Crippen LogP contribution < -0.4 is 5.73 Å². The van der Waals surface area contributed by atoms with Crippen molar-refractivity contribution in [3.63, 3.8) is 0 Å². The summed E-state index contributed by atoms with van der Waals surface area (Å²) >= 11 is 0. The van der Waals surface area contributed by atoms with Crippen molar-refractivity contribution in [2.45, 2.75) is 26.7 Å². The zero-order chi connectivity index (χ0) is 11.6. The van der Waals surface area contributed by atoms with Gasteiger partial charge < -0.3 is 10.7 Å². The molecule has 0 fully saturated rings. The fourth-order valence-electron chi connectivity index (χ4n) is 1.68. The first-order chi connectivity index (χ1) is 7.61. The molecule has 0 unspecified atom stereocenters. The number of fused-ring (bicyclic) bond motifs is 1. The molecule has 0 aliphatic rings. The molecule has 86 valence electrons. The number of benzene rings is 1. The van der Waals surface area contributed by atoms with Crippen LogP contribution in [0.4, 0.5) is 0 Å². The fraction of sp³-hybridized carbons (Fsp3) is 0.462. The summed E-state index contributed by atoms with van der Waals surface area (Å²) in [6.07, 6.45) is 2.02. The molecule has 1 aromatic heterocycles. The molecule has 0 aliphatic heterocycles. The van der Waals surface area contributed by atoms with Crippen molar-refractivity contribution in [1.82, 2.24) is 9.97 Å². The number of rotatable bonds is 4. The van der Waals surface area contributed by atoms with Crippen LogP contribution in [0, 0.1) is 5.41 Å². The van der Waals surface area contributed by atoms with E-state index in [2.05, 4.69) is 29.9 Å².